The minimum Gasteiger partial charge on any atom is -0.490 e. The Bertz CT molecular complexity index is 620. The standard InChI is InChI=1S/C13H15N3O3/c1-4-19-10-6-5-7-14-12(10)16-9(3)11(13(17)18)8(2)15-16/h5-7H,4H2,1-3H3,(H,17,18). The number of rotatable bonds is 4. The van der Waals surface area contributed by atoms with E-state index in [0.29, 0.717) is 29.6 Å². The van der Waals surface area contributed by atoms with E-state index in [1.807, 2.05) is 6.92 Å². The van der Waals surface area contributed by atoms with Gasteiger partial charge in [0.25, 0.3) is 0 Å². The highest BCUT2D eigenvalue weighted by molar-refractivity contribution is 5.90. The van der Waals surface area contributed by atoms with Crippen molar-refractivity contribution < 1.29 is 14.6 Å². The van der Waals surface area contributed by atoms with Crippen LogP contribution in [0.25, 0.3) is 5.82 Å². The van der Waals surface area contributed by atoms with Gasteiger partial charge in [-0.2, -0.15) is 5.10 Å². The fourth-order valence-corrected chi connectivity index (χ4v) is 1.97. The molecule has 0 atom stereocenters. The lowest BCUT2D eigenvalue weighted by atomic mass is 10.2. The van der Waals surface area contributed by atoms with Gasteiger partial charge in [0, 0.05) is 6.20 Å². The van der Waals surface area contributed by atoms with E-state index in [0.717, 1.165) is 0 Å². The minimum atomic E-state index is -0.991. The molecule has 0 bridgehead atoms. The number of pyridine rings is 1. The third-order valence-electron chi connectivity index (χ3n) is 2.76. The predicted molar refractivity (Wildman–Crippen MR) is 69.0 cm³/mol. The van der Waals surface area contributed by atoms with Crippen LogP contribution in [0.3, 0.4) is 0 Å². The lowest BCUT2D eigenvalue weighted by Gasteiger charge is -2.09. The van der Waals surface area contributed by atoms with E-state index >= 15 is 0 Å². The fourth-order valence-electron chi connectivity index (χ4n) is 1.97. The molecule has 6 nitrogen and oxygen atoms in total. The van der Waals surface area contributed by atoms with Gasteiger partial charge in [0.15, 0.2) is 11.6 Å². The summed E-state index contributed by atoms with van der Waals surface area (Å²) in [6.45, 7) is 5.74. The summed E-state index contributed by atoms with van der Waals surface area (Å²) < 4.78 is 6.99. The summed E-state index contributed by atoms with van der Waals surface area (Å²) in [5, 5.41) is 13.4. The summed E-state index contributed by atoms with van der Waals surface area (Å²) in [5.41, 5.74) is 1.19. The number of aromatic nitrogens is 3. The third kappa shape index (κ3) is 2.29. The van der Waals surface area contributed by atoms with Gasteiger partial charge in [0.1, 0.15) is 5.56 Å². The van der Waals surface area contributed by atoms with Crippen molar-refractivity contribution in [2.24, 2.45) is 0 Å². The minimum absolute atomic E-state index is 0.202. The van der Waals surface area contributed by atoms with Crippen molar-refractivity contribution in [3.63, 3.8) is 0 Å². The Hall–Kier alpha value is -2.37. The van der Waals surface area contributed by atoms with Gasteiger partial charge >= 0.3 is 5.97 Å². The van der Waals surface area contributed by atoms with Crippen LogP contribution < -0.4 is 4.74 Å². The summed E-state index contributed by atoms with van der Waals surface area (Å²) in [6.07, 6.45) is 1.62. The maximum Gasteiger partial charge on any atom is 0.339 e. The first-order valence-corrected chi connectivity index (χ1v) is 5.94. The summed E-state index contributed by atoms with van der Waals surface area (Å²) in [5.74, 6) is 0.0835. The number of aromatic carboxylic acids is 1. The first-order chi connectivity index (χ1) is 9.06. The van der Waals surface area contributed by atoms with Crippen molar-refractivity contribution in [2.45, 2.75) is 20.8 Å². The molecule has 100 valence electrons. The Morgan fingerprint density at radius 2 is 2.21 bits per heavy atom. The molecular formula is C13H15N3O3. The summed E-state index contributed by atoms with van der Waals surface area (Å²) in [7, 11) is 0. The third-order valence-corrected chi connectivity index (χ3v) is 2.76. The van der Waals surface area contributed by atoms with Gasteiger partial charge in [-0.15, -0.1) is 0 Å². The monoisotopic (exact) mass is 261 g/mol. The van der Waals surface area contributed by atoms with Crippen LogP contribution >= 0.6 is 0 Å². The van der Waals surface area contributed by atoms with Gasteiger partial charge in [-0.1, -0.05) is 0 Å². The first-order valence-electron chi connectivity index (χ1n) is 5.94. The van der Waals surface area contributed by atoms with Gasteiger partial charge in [-0.05, 0) is 32.9 Å². The van der Waals surface area contributed by atoms with Crippen LogP contribution in [0.4, 0.5) is 0 Å². The summed E-state index contributed by atoms with van der Waals surface area (Å²) in [6, 6.07) is 3.54. The number of hydrogen-bond donors (Lipinski definition) is 1. The van der Waals surface area contributed by atoms with Crippen LogP contribution in [0.5, 0.6) is 5.75 Å². The molecule has 0 saturated heterocycles. The average molecular weight is 261 g/mol. The smallest absolute Gasteiger partial charge is 0.339 e. The molecule has 1 N–H and O–H groups in total. The zero-order valence-corrected chi connectivity index (χ0v) is 11.0. The molecule has 0 aromatic carbocycles. The van der Waals surface area contributed by atoms with Crippen LogP contribution in [-0.4, -0.2) is 32.4 Å². The van der Waals surface area contributed by atoms with Gasteiger partial charge in [-0.3, -0.25) is 0 Å². The Morgan fingerprint density at radius 3 is 2.79 bits per heavy atom. The number of nitrogens with zero attached hydrogens (tertiary/aromatic N) is 3. The van der Waals surface area contributed by atoms with Crippen molar-refractivity contribution in [1.29, 1.82) is 0 Å². The highest BCUT2D eigenvalue weighted by Crippen LogP contribution is 2.23. The second-order valence-corrected chi connectivity index (χ2v) is 4.02. The van der Waals surface area contributed by atoms with Crippen LogP contribution in [0.15, 0.2) is 18.3 Å². The van der Waals surface area contributed by atoms with E-state index in [1.54, 1.807) is 32.2 Å². The largest absolute Gasteiger partial charge is 0.490 e. The van der Waals surface area contributed by atoms with Crippen molar-refractivity contribution >= 4 is 5.97 Å². The quantitative estimate of drug-likeness (QED) is 0.910. The Morgan fingerprint density at radius 1 is 1.47 bits per heavy atom. The molecule has 0 aliphatic carbocycles. The molecule has 0 saturated carbocycles. The molecule has 0 unspecified atom stereocenters. The molecule has 0 aliphatic rings. The molecule has 0 fully saturated rings. The van der Waals surface area contributed by atoms with Crippen LogP contribution in [0.1, 0.15) is 28.7 Å². The molecule has 0 radical (unpaired) electrons. The highest BCUT2D eigenvalue weighted by atomic mass is 16.5. The Labute approximate surface area is 110 Å². The zero-order valence-electron chi connectivity index (χ0n) is 11.0. The normalized spacial score (nSPS) is 10.5. The van der Waals surface area contributed by atoms with Crippen molar-refractivity contribution in [1.82, 2.24) is 14.8 Å². The molecule has 0 amide bonds. The maximum absolute atomic E-state index is 11.2. The summed E-state index contributed by atoms with van der Waals surface area (Å²) >= 11 is 0. The average Bonchev–Trinajstić information content (AvgIpc) is 2.66. The SMILES string of the molecule is CCOc1cccnc1-n1nc(C)c(C(=O)O)c1C. The molecule has 0 aliphatic heterocycles. The van der Waals surface area contributed by atoms with E-state index in [-0.39, 0.29) is 5.56 Å². The molecule has 19 heavy (non-hydrogen) atoms. The van der Waals surface area contributed by atoms with E-state index in [1.165, 1.54) is 4.68 Å². The number of carboxylic acids is 1. The number of carbonyl (C=O) groups is 1. The van der Waals surface area contributed by atoms with E-state index < -0.39 is 5.97 Å². The lowest BCUT2D eigenvalue weighted by Crippen LogP contribution is -2.07. The number of aryl methyl sites for hydroxylation is 1. The molecule has 2 aromatic rings. The topological polar surface area (TPSA) is 77.2 Å². The molecule has 2 rings (SSSR count). The van der Waals surface area contributed by atoms with Gasteiger partial charge < -0.3 is 9.84 Å². The molecular weight excluding hydrogens is 246 g/mol. The Balaban J connectivity index is 2.60. The maximum atomic E-state index is 11.2. The van der Waals surface area contributed by atoms with Crippen LogP contribution in [-0.2, 0) is 0 Å². The molecule has 2 aromatic heterocycles. The number of hydrogen-bond acceptors (Lipinski definition) is 4. The van der Waals surface area contributed by atoms with Crippen molar-refractivity contribution in [3.8, 4) is 11.6 Å². The van der Waals surface area contributed by atoms with E-state index in [4.69, 9.17) is 4.74 Å². The van der Waals surface area contributed by atoms with Gasteiger partial charge in [0.05, 0.1) is 18.0 Å². The fraction of sp³-hybridized carbons (Fsp3) is 0.308. The zero-order chi connectivity index (χ0) is 14.0. The second-order valence-electron chi connectivity index (χ2n) is 4.02. The number of ether oxygens (including phenoxy) is 1. The highest BCUT2D eigenvalue weighted by Gasteiger charge is 2.20. The first kappa shape index (κ1) is 13.1. The van der Waals surface area contributed by atoms with Crippen LogP contribution in [0, 0.1) is 13.8 Å². The molecule has 2 heterocycles. The number of carboxylic acid groups (broad SMARTS) is 1. The van der Waals surface area contributed by atoms with Crippen LogP contribution in [0.2, 0.25) is 0 Å². The van der Waals surface area contributed by atoms with Crippen molar-refractivity contribution in [3.05, 3.63) is 35.3 Å². The van der Waals surface area contributed by atoms with Gasteiger partial charge in [0.2, 0.25) is 0 Å². The van der Waals surface area contributed by atoms with E-state index in [9.17, 15) is 9.90 Å². The van der Waals surface area contributed by atoms with E-state index in [2.05, 4.69) is 10.1 Å². The van der Waals surface area contributed by atoms with Crippen molar-refractivity contribution in [2.75, 3.05) is 6.61 Å². The molecule has 0 spiro atoms. The lowest BCUT2D eigenvalue weighted by molar-refractivity contribution is 0.0695. The Kier molecular flexibility index (Phi) is 3.50. The van der Waals surface area contributed by atoms with Gasteiger partial charge in [-0.25, -0.2) is 14.5 Å². The molecule has 6 heteroatoms. The summed E-state index contributed by atoms with van der Waals surface area (Å²) in [4.78, 5) is 15.4. The predicted octanol–water partition coefficient (Wildman–Crippen LogP) is 1.98. The second kappa shape index (κ2) is 5.09.